The minimum absolute atomic E-state index is 0.0108. The molecule has 0 aliphatic rings. The Hall–Kier alpha value is -2.65. The Balaban J connectivity index is 3.40. The summed E-state index contributed by atoms with van der Waals surface area (Å²) < 4.78 is 0. The molecule has 5 N–H and O–H groups in total. The Labute approximate surface area is 202 Å². The van der Waals surface area contributed by atoms with E-state index in [9.17, 15) is 24.0 Å². The molecule has 196 valence electrons. The zero-order valence-electron chi connectivity index (χ0n) is 20.4. The number of carboxylic acids is 2. The van der Waals surface area contributed by atoms with E-state index < -0.39 is 11.9 Å². The smallest absolute Gasteiger partial charge is 0.303 e. The van der Waals surface area contributed by atoms with Gasteiger partial charge >= 0.3 is 11.9 Å². The van der Waals surface area contributed by atoms with Crippen molar-refractivity contribution in [3.8, 4) is 0 Å². The molecule has 10 heteroatoms. The van der Waals surface area contributed by atoms with E-state index >= 15 is 0 Å². The molecule has 34 heavy (non-hydrogen) atoms. The van der Waals surface area contributed by atoms with E-state index in [4.69, 9.17) is 10.2 Å². The van der Waals surface area contributed by atoms with Gasteiger partial charge in [0.1, 0.15) is 0 Å². The summed E-state index contributed by atoms with van der Waals surface area (Å²) in [5.74, 6) is -1.67. The minimum Gasteiger partial charge on any atom is -0.481 e. The molecular formula is C24H43N3O7. The highest BCUT2D eigenvalue weighted by molar-refractivity contribution is 5.76. The molecule has 0 bridgehead atoms. The second kappa shape index (κ2) is 22.2. The van der Waals surface area contributed by atoms with Crippen molar-refractivity contribution in [3.63, 3.8) is 0 Å². The standard InChI is InChI=1S/C24H43N3O7/c28-20(12-5-2-10-18-27-22(30)14-7-8-16-24(33)34)25-17-9-1-4-13-21(29)26-19-11-3-6-15-23(31)32/h1-19H2,(H,25,28)(H,26,29)(H,27,30)(H,31,32)(H,33,34). The van der Waals surface area contributed by atoms with Crippen molar-refractivity contribution in [2.24, 2.45) is 0 Å². The maximum atomic E-state index is 11.8. The van der Waals surface area contributed by atoms with Crippen LogP contribution in [0.3, 0.4) is 0 Å². The number of carbonyl (C=O) groups excluding carboxylic acids is 3. The van der Waals surface area contributed by atoms with Gasteiger partial charge in [0.15, 0.2) is 0 Å². The molecule has 0 aliphatic carbocycles. The van der Waals surface area contributed by atoms with Crippen molar-refractivity contribution in [1.29, 1.82) is 0 Å². The van der Waals surface area contributed by atoms with Crippen molar-refractivity contribution in [2.45, 2.75) is 103 Å². The van der Waals surface area contributed by atoms with Crippen LogP contribution in [-0.4, -0.2) is 59.5 Å². The highest BCUT2D eigenvalue weighted by Gasteiger charge is 2.05. The van der Waals surface area contributed by atoms with Crippen LogP contribution in [0.25, 0.3) is 0 Å². The second-order valence-corrected chi connectivity index (χ2v) is 8.48. The Bertz CT molecular complexity index is 611. The quantitative estimate of drug-likeness (QED) is 0.139. The first-order chi connectivity index (χ1) is 16.3. The van der Waals surface area contributed by atoms with Crippen LogP contribution in [0.5, 0.6) is 0 Å². The third-order valence-electron chi connectivity index (χ3n) is 5.24. The Kier molecular flexibility index (Phi) is 20.4. The van der Waals surface area contributed by atoms with Gasteiger partial charge in [0.05, 0.1) is 0 Å². The Morgan fingerprint density at radius 2 is 0.647 bits per heavy atom. The fourth-order valence-electron chi connectivity index (χ4n) is 3.26. The van der Waals surface area contributed by atoms with E-state index in [0.717, 1.165) is 51.4 Å². The number of rotatable bonds is 23. The van der Waals surface area contributed by atoms with Gasteiger partial charge in [-0.3, -0.25) is 24.0 Å². The molecule has 0 saturated carbocycles. The maximum absolute atomic E-state index is 11.8. The number of amides is 3. The summed E-state index contributed by atoms with van der Waals surface area (Å²) in [5.41, 5.74) is 0. The molecule has 3 amide bonds. The van der Waals surface area contributed by atoms with Crippen molar-refractivity contribution in [2.75, 3.05) is 19.6 Å². The molecule has 0 aliphatic heterocycles. The fourth-order valence-corrected chi connectivity index (χ4v) is 3.26. The lowest BCUT2D eigenvalue weighted by molar-refractivity contribution is -0.138. The van der Waals surface area contributed by atoms with Crippen LogP contribution >= 0.6 is 0 Å². The summed E-state index contributed by atoms with van der Waals surface area (Å²) in [6, 6.07) is 0. The van der Waals surface area contributed by atoms with Gasteiger partial charge in [-0.25, -0.2) is 0 Å². The molecule has 10 nitrogen and oxygen atoms in total. The van der Waals surface area contributed by atoms with E-state index in [1.807, 2.05) is 0 Å². The molecular weight excluding hydrogens is 442 g/mol. The molecule has 0 aromatic heterocycles. The van der Waals surface area contributed by atoms with Crippen molar-refractivity contribution in [3.05, 3.63) is 0 Å². The monoisotopic (exact) mass is 485 g/mol. The van der Waals surface area contributed by atoms with Crippen LogP contribution in [0.15, 0.2) is 0 Å². The van der Waals surface area contributed by atoms with Gasteiger partial charge in [-0.1, -0.05) is 19.3 Å². The van der Waals surface area contributed by atoms with Gasteiger partial charge in [-0.15, -0.1) is 0 Å². The van der Waals surface area contributed by atoms with Crippen LogP contribution in [-0.2, 0) is 24.0 Å². The van der Waals surface area contributed by atoms with Gasteiger partial charge in [-0.2, -0.15) is 0 Å². The zero-order valence-corrected chi connectivity index (χ0v) is 20.4. The van der Waals surface area contributed by atoms with E-state index in [-0.39, 0.29) is 30.6 Å². The predicted molar refractivity (Wildman–Crippen MR) is 128 cm³/mol. The van der Waals surface area contributed by atoms with Crippen LogP contribution < -0.4 is 16.0 Å². The molecule has 0 heterocycles. The van der Waals surface area contributed by atoms with Crippen LogP contribution in [0.4, 0.5) is 0 Å². The summed E-state index contributed by atoms with van der Waals surface area (Å²) in [5, 5.41) is 25.6. The van der Waals surface area contributed by atoms with E-state index in [0.29, 0.717) is 58.2 Å². The lowest BCUT2D eigenvalue weighted by Gasteiger charge is -2.07. The van der Waals surface area contributed by atoms with Gasteiger partial charge in [0, 0.05) is 51.7 Å². The highest BCUT2D eigenvalue weighted by Crippen LogP contribution is 2.03. The van der Waals surface area contributed by atoms with E-state index in [1.54, 1.807) is 0 Å². The molecule has 0 aromatic carbocycles. The zero-order chi connectivity index (χ0) is 25.4. The fraction of sp³-hybridized carbons (Fsp3) is 0.792. The lowest BCUT2D eigenvalue weighted by Crippen LogP contribution is -2.25. The molecule has 0 rings (SSSR count). The van der Waals surface area contributed by atoms with Crippen molar-refractivity contribution >= 4 is 29.7 Å². The van der Waals surface area contributed by atoms with Gasteiger partial charge in [-0.05, 0) is 51.4 Å². The van der Waals surface area contributed by atoms with E-state index in [2.05, 4.69) is 16.0 Å². The molecule has 0 radical (unpaired) electrons. The average Bonchev–Trinajstić information content (AvgIpc) is 2.78. The highest BCUT2D eigenvalue weighted by atomic mass is 16.4. The molecule has 0 spiro atoms. The van der Waals surface area contributed by atoms with Crippen molar-refractivity contribution < 1.29 is 34.2 Å². The third kappa shape index (κ3) is 24.0. The van der Waals surface area contributed by atoms with Crippen LogP contribution in [0.2, 0.25) is 0 Å². The molecule has 0 aromatic rings. The van der Waals surface area contributed by atoms with E-state index in [1.165, 1.54) is 0 Å². The number of nitrogens with one attached hydrogen (secondary N) is 3. The predicted octanol–water partition coefficient (Wildman–Crippen LogP) is 2.75. The molecule has 0 unspecified atom stereocenters. The average molecular weight is 486 g/mol. The number of aliphatic carboxylic acids is 2. The topological polar surface area (TPSA) is 162 Å². The largest absolute Gasteiger partial charge is 0.481 e. The normalized spacial score (nSPS) is 10.5. The van der Waals surface area contributed by atoms with Crippen LogP contribution in [0, 0.1) is 0 Å². The number of hydrogen-bond acceptors (Lipinski definition) is 5. The Morgan fingerprint density at radius 1 is 0.382 bits per heavy atom. The van der Waals surface area contributed by atoms with Gasteiger partial charge in [0.25, 0.3) is 0 Å². The number of hydrogen-bond donors (Lipinski definition) is 5. The maximum Gasteiger partial charge on any atom is 0.303 e. The summed E-state index contributed by atoms with van der Waals surface area (Å²) >= 11 is 0. The van der Waals surface area contributed by atoms with Crippen LogP contribution in [0.1, 0.15) is 103 Å². The number of unbranched alkanes of at least 4 members (excludes halogenated alkanes) is 7. The summed E-state index contributed by atoms with van der Waals surface area (Å²) in [4.78, 5) is 55.9. The van der Waals surface area contributed by atoms with Gasteiger partial charge < -0.3 is 26.2 Å². The number of carbonyl (C=O) groups is 5. The first-order valence-electron chi connectivity index (χ1n) is 12.5. The SMILES string of the molecule is O=C(O)CCCCCNC(=O)CCCCCNC(=O)CCCCCNC(=O)CCCCC(=O)O. The van der Waals surface area contributed by atoms with Crippen molar-refractivity contribution in [1.82, 2.24) is 16.0 Å². The summed E-state index contributed by atoms with van der Waals surface area (Å²) in [6.07, 6.45) is 9.68. The molecule has 0 atom stereocenters. The minimum atomic E-state index is -0.843. The second-order valence-electron chi connectivity index (χ2n) is 8.48. The van der Waals surface area contributed by atoms with Gasteiger partial charge in [0.2, 0.25) is 17.7 Å². The first kappa shape index (κ1) is 31.4. The summed E-state index contributed by atoms with van der Waals surface area (Å²) in [6.45, 7) is 1.75. The summed E-state index contributed by atoms with van der Waals surface area (Å²) in [7, 11) is 0. The lowest BCUT2D eigenvalue weighted by atomic mass is 10.1. The first-order valence-corrected chi connectivity index (χ1v) is 12.5. The number of carboxylic acid groups (broad SMARTS) is 2. The third-order valence-corrected chi connectivity index (χ3v) is 5.24. The Morgan fingerprint density at radius 3 is 0.971 bits per heavy atom. The molecule has 0 saturated heterocycles. The molecule has 0 fully saturated rings.